The first-order valence-electron chi connectivity index (χ1n) is 9.75. The molecule has 0 aromatic heterocycles. The summed E-state index contributed by atoms with van der Waals surface area (Å²) in [7, 11) is 2.33. The molecule has 1 aromatic carbocycles. The van der Waals surface area contributed by atoms with Gasteiger partial charge in [-0.2, -0.15) is 13.2 Å². The third kappa shape index (κ3) is 4.27. The Labute approximate surface area is 207 Å². The molecule has 12 heteroatoms. The number of alkyl halides is 3. The zero-order chi connectivity index (χ0) is 25.7. The van der Waals surface area contributed by atoms with Gasteiger partial charge >= 0.3 is 24.0 Å². The molecule has 0 saturated heterocycles. The largest absolute Gasteiger partial charge is 0.471 e. The fourth-order valence-electron chi connectivity index (χ4n) is 3.56. The first-order valence-corrected chi connectivity index (χ1v) is 11.8. The maximum Gasteiger partial charge on any atom is 0.471 e. The number of benzene rings is 1. The number of carbonyl (C=O) groups excluding carboxylic acids is 3. The lowest BCUT2D eigenvalue weighted by Gasteiger charge is -2.45. The molecule has 0 saturated carbocycles. The van der Waals surface area contributed by atoms with E-state index in [2.05, 4.69) is 0 Å². The van der Waals surface area contributed by atoms with Crippen molar-refractivity contribution in [2.24, 2.45) is 0 Å². The Morgan fingerprint density at radius 1 is 0.971 bits per heavy atom. The Morgan fingerprint density at radius 2 is 1.44 bits per heavy atom. The number of rotatable bonds is 2. The molecule has 0 aliphatic carbocycles. The van der Waals surface area contributed by atoms with E-state index in [0.29, 0.717) is 25.8 Å². The van der Waals surface area contributed by atoms with Gasteiger partial charge in [0, 0.05) is 11.1 Å². The van der Waals surface area contributed by atoms with Crippen molar-refractivity contribution in [3.05, 3.63) is 42.9 Å². The minimum Gasteiger partial charge on any atom is -0.465 e. The molecule has 0 atom stereocenters. The van der Waals surface area contributed by atoms with Crippen LogP contribution in [0.3, 0.4) is 0 Å². The Hall–Kier alpha value is -2.31. The van der Waals surface area contributed by atoms with Crippen LogP contribution in [0, 0.1) is 13.8 Å². The first kappa shape index (κ1) is 26.3. The molecule has 0 radical (unpaired) electrons. The van der Waals surface area contributed by atoms with Crippen LogP contribution in [0.1, 0.15) is 30.5 Å². The maximum atomic E-state index is 13.6. The molecule has 6 nitrogen and oxygen atoms in total. The average Bonchev–Trinajstić information content (AvgIpc) is 3.19. The number of hydrogen-bond acceptors (Lipinski definition) is 8. The molecule has 182 valence electrons. The van der Waals surface area contributed by atoms with Gasteiger partial charge in [0.15, 0.2) is 0 Å². The third-order valence-corrected chi connectivity index (χ3v) is 8.71. The maximum absolute atomic E-state index is 13.6. The van der Waals surface area contributed by atoms with E-state index in [1.807, 2.05) is 0 Å². The summed E-state index contributed by atoms with van der Waals surface area (Å²) in [4.78, 5) is 37.9. The van der Waals surface area contributed by atoms with E-state index in [1.165, 1.54) is 19.9 Å². The van der Waals surface area contributed by atoms with Crippen LogP contribution in [-0.2, 0) is 23.9 Å². The molecule has 2 aliphatic heterocycles. The number of thioether (sulfide) groups is 2. The summed E-state index contributed by atoms with van der Waals surface area (Å²) < 4.78 is 50.7. The Balaban J connectivity index is 2.32. The molecular weight excluding hydrogens is 511 g/mol. The van der Waals surface area contributed by atoms with Gasteiger partial charge in [-0.3, -0.25) is 9.69 Å². The number of ether oxygens (including phenoxy) is 2. The highest BCUT2D eigenvalue weighted by Gasteiger charge is 2.53. The van der Waals surface area contributed by atoms with Crippen molar-refractivity contribution in [2.75, 3.05) is 19.1 Å². The average molecular weight is 532 g/mol. The quantitative estimate of drug-likeness (QED) is 0.298. The number of esters is 2. The second kappa shape index (κ2) is 9.04. The van der Waals surface area contributed by atoms with Gasteiger partial charge in [0.05, 0.1) is 34.5 Å². The summed E-state index contributed by atoms with van der Waals surface area (Å²) in [5, 5.41) is 0. The van der Waals surface area contributed by atoms with Crippen LogP contribution < -0.4 is 4.90 Å². The fraction of sp³-hybridized carbons (Fsp3) is 0.364. The second-order valence-electron chi connectivity index (χ2n) is 7.99. The highest BCUT2D eigenvalue weighted by atomic mass is 32.2. The van der Waals surface area contributed by atoms with Gasteiger partial charge in [0.2, 0.25) is 0 Å². The molecule has 0 fully saturated rings. The van der Waals surface area contributed by atoms with Gasteiger partial charge in [-0.25, -0.2) is 9.59 Å². The number of anilines is 1. The van der Waals surface area contributed by atoms with Gasteiger partial charge in [-0.1, -0.05) is 35.7 Å². The monoisotopic (exact) mass is 531 g/mol. The summed E-state index contributed by atoms with van der Waals surface area (Å²) >= 11 is 7.50. The molecule has 0 spiro atoms. The smallest absolute Gasteiger partial charge is 0.465 e. The van der Waals surface area contributed by atoms with E-state index in [-0.39, 0.29) is 20.4 Å². The normalized spacial score (nSPS) is 17.7. The topological polar surface area (TPSA) is 72.9 Å². The standard InChI is InChI=1S/C22H20F3NO5S3/c1-9-7-11-12(8-10(9)2)26(20(29)22(23,24)25)21(3,4)16(32)13(11)19-33-14(17(27)30-5)15(34-19)18(28)31-6/h7-8H,1-6H3. The Morgan fingerprint density at radius 3 is 1.88 bits per heavy atom. The number of amides is 1. The van der Waals surface area contributed by atoms with Crippen LogP contribution in [0.25, 0.3) is 5.57 Å². The number of aryl methyl sites for hydroxylation is 2. The van der Waals surface area contributed by atoms with Gasteiger partial charge in [-0.05, 0) is 51.0 Å². The predicted octanol–water partition coefficient (Wildman–Crippen LogP) is 5.07. The third-order valence-electron chi connectivity index (χ3n) is 5.45. The van der Waals surface area contributed by atoms with Crippen molar-refractivity contribution in [1.82, 2.24) is 0 Å². The van der Waals surface area contributed by atoms with Crippen molar-refractivity contribution in [2.45, 2.75) is 39.4 Å². The van der Waals surface area contributed by atoms with Crippen molar-refractivity contribution in [3.63, 3.8) is 0 Å². The van der Waals surface area contributed by atoms with Gasteiger partial charge in [0.1, 0.15) is 9.81 Å². The van der Waals surface area contributed by atoms with E-state index >= 15 is 0 Å². The lowest BCUT2D eigenvalue weighted by atomic mass is 9.82. The predicted molar refractivity (Wildman–Crippen MR) is 129 cm³/mol. The highest BCUT2D eigenvalue weighted by molar-refractivity contribution is 8.29. The number of thiocarbonyl (C=S) groups is 1. The van der Waals surface area contributed by atoms with Crippen molar-refractivity contribution >= 4 is 69.7 Å². The van der Waals surface area contributed by atoms with Crippen LogP contribution in [0.5, 0.6) is 0 Å². The minimum atomic E-state index is -5.12. The number of halogens is 3. The van der Waals surface area contributed by atoms with Gasteiger partial charge in [0.25, 0.3) is 0 Å². The van der Waals surface area contributed by atoms with Crippen LogP contribution in [0.4, 0.5) is 18.9 Å². The van der Waals surface area contributed by atoms with Gasteiger partial charge < -0.3 is 9.47 Å². The first-order chi connectivity index (χ1) is 15.7. The van der Waals surface area contributed by atoms with Crippen molar-refractivity contribution in [3.8, 4) is 0 Å². The zero-order valence-electron chi connectivity index (χ0n) is 19.0. The van der Waals surface area contributed by atoms with Crippen LogP contribution in [0.2, 0.25) is 0 Å². The summed E-state index contributed by atoms with van der Waals surface area (Å²) in [6, 6.07) is 3.17. The molecule has 2 aliphatic rings. The summed E-state index contributed by atoms with van der Waals surface area (Å²) in [5.41, 5.74) is 0.622. The van der Waals surface area contributed by atoms with Crippen LogP contribution in [0.15, 0.2) is 26.2 Å². The molecular formula is C22H20F3NO5S3. The van der Waals surface area contributed by atoms with E-state index in [0.717, 1.165) is 43.3 Å². The van der Waals surface area contributed by atoms with Crippen LogP contribution >= 0.6 is 35.7 Å². The van der Waals surface area contributed by atoms with Crippen molar-refractivity contribution in [1.29, 1.82) is 0 Å². The summed E-state index contributed by atoms with van der Waals surface area (Å²) in [5.74, 6) is -3.56. The molecule has 0 unspecified atom stereocenters. The van der Waals surface area contributed by atoms with E-state index < -0.39 is 29.6 Å². The Bertz CT molecular complexity index is 1170. The molecule has 1 amide bonds. The summed E-state index contributed by atoms with van der Waals surface area (Å²) in [6.07, 6.45) is -5.12. The molecule has 34 heavy (non-hydrogen) atoms. The van der Waals surface area contributed by atoms with E-state index in [9.17, 15) is 27.6 Å². The lowest BCUT2D eigenvalue weighted by Crippen LogP contribution is -2.59. The fourth-order valence-corrected chi connectivity index (χ4v) is 6.60. The van der Waals surface area contributed by atoms with Gasteiger partial charge in [-0.15, -0.1) is 0 Å². The highest BCUT2D eigenvalue weighted by Crippen LogP contribution is 2.56. The molecule has 0 N–H and O–H groups in total. The zero-order valence-corrected chi connectivity index (χ0v) is 21.5. The minimum absolute atomic E-state index is 0.0124. The number of fused-ring (bicyclic) bond motifs is 1. The van der Waals surface area contributed by atoms with Crippen LogP contribution in [-0.4, -0.2) is 48.6 Å². The SMILES string of the molecule is COC(=O)C1=C(C(=O)OC)SC(=C2C(=S)C(C)(C)N(C(=O)C(F)(F)F)c3cc(C)c(C)cc32)S1. The number of nitrogens with zero attached hydrogens (tertiary/aromatic N) is 1. The van der Waals surface area contributed by atoms with E-state index in [1.54, 1.807) is 19.9 Å². The molecule has 2 heterocycles. The van der Waals surface area contributed by atoms with E-state index in [4.69, 9.17) is 21.7 Å². The summed E-state index contributed by atoms with van der Waals surface area (Å²) in [6.45, 7) is 6.36. The second-order valence-corrected chi connectivity index (χ2v) is 10.7. The number of hydrogen-bond donors (Lipinski definition) is 0. The van der Waals surface area contributed by atoms with Crippen molar-refractivity contribution < 1.29 is 37.0 Å². The lowest BCUT2D eigenvalue weighted by molar-refractivity contribution is -0.171. The molecule has 0 bridgehead atoms. The number of carbonyl (C=O) groups is 3. The molecule has 3 rings (SSSR count). The number of methoxy groups -OCH3 is 2. The molecule has 1 aromatic rings. The Kier molecular flexibility index (Phi) is 7.00.